The summed E-state index contributed by atoms with van der Waals surface area (Å²) in [5, 5.41) is 3.58. The van der Waals surface area contributed by atoms with Gasteiger partial charge in [-0.3, -0.25) is 4.79 Å². The Bertz CT molecular complexity index is 410. The van der Waals surface area contributed by atoms with Gasteiger partial charge in [0.1, 0.15) is 17.7 Å². The molecule has 0 spiro atoms. The Kier molecular flexibility index (Phi) is 4.56. The highest BCUT2D eigenvalue weighted by Gasteiger charge is 2.15. The molecule has 1 rings (SSSR count). The fraction of sp³-hybridized carbons (Fsp3) is 0.500. The Morgan fingerprint density at radius 3 is 2.71 bits per heavy atom. The van der Waals surface area contributed by atoms with Crippen molar-refractivity contribution in [2.45, 2.75) is 18.1 Å². The van der Waals surface area contributed by atoms with Gasteiger partial charge in [0.05, 0.1) is 0 Å². The van der Waals surface area contributed by atoms with Crippen molar-refractivity contribution in [3.05, 3.63) is 6.07 Å². The van der Waals surface area contributed by atoms with Gasteiger partial charge >= 0.3 is 0 Å². The van der Waals surface area contributed by atoms with Gasteiger partial charge in [0.15, 0.2) is 5.16 Å². The highest BCUT2D eigenvalue weighted by molar-refractivity contribution is 7.98. The standard InChI is InChI=1S/C10H17N5OS/c1-6(9(16)15(2)3)12-8-5-7(11)13-10(14-8)17-4/h5-6H,1-4H3,(H3,11,12,13,14). The molecular formula is C10H17N5OS. The van der Waals surface area contributed by atoms with Gasteiger partial charge < -0.3 is 16.0 Å². The first-order valence-electron chi connectivity index (χ1n) is 5.10. The Morgan fingerprint density at radius 2 is 2.18 bits per heavy atom. The van der Waals surface area contributed by atoms with Crippen molar-refractivity contribution in [2.75, 3.05) is 31.4 Å². The number of aromatic nitrogens is 2. The second-order valence-electron chi connectivity index (χ2n) is 3.76. The third-order valence-corrected chi connectivity index (χ3v) is 2.63. The van der Waals surface area contributed by atoms with Crippen molar-refractivity contribution in [1.29, 1.82) is 0 Å². The molecule has 0 saturated heterocycles. The topological polar surface area (TPSA) is 84.1 Å². The maximum Gasteiger partial charge on any atom is 0.244 e. The van der Waals surface area contributed by atoms with E-state index in [0.29, 0.717) is 16.8 Å². The summed E-state index contributed by atoms with van der Waals surface area (Å²) in [5.74, 6) is 0.925. The van der Waals surface area contributed by atoms with Crippen LogP contribution < -0.4 is 11.1 Å². The molecule has 0 saturated carbocycles. The Labute approximate surface area is 105 Å². The fourth-order valence-corrected chi connectivity index (χ4v) is 1.67. The summed E-state index contributed by atoms with van der Waals surface area (Å²) in [7, 11) is 3.42. The average molecular weight is 255 g/mol. The molecular weight excluding hydrogens is 238 g/mol. The lowest BCUT2D eigenvalue weighted by Gasteiger charge is -2.18. The zero-order chi connectivity index (χ0) is 13.0. The van der Waals surface area contributed by atoms with Crippen LogP contribution >= 0.6 is 11.8 Å². The van der Waals surface area contributed by atoms with E-state index in [1.54, 1.807) is 27.1 Å². The maximum atomic E-state index is 11.7. The number of thioether (sulfide) groups is 1. The normalized spacial score (nSPS) is 12.0. The van der Waals surface area contributed by atoms with Crippen LogP contribution in [-0.2, 0) is 4.79 Å². The SMILES string of the molecule is CSc1nc(N)cc(NC(C)C(=O)N(C)C)n1. The zero-order valence-corrected chi connectivity index (χ0v) is 11.2. The summed E-state index contributed by atoms with van der Waals surface area (Å²) in [6, 6.07) is 1.26. The van der Waals surface area contributed by atoms with Crippen molar-refractivity contribution in [2.24, 2.45) is 0 Å². The lowest BCUT2D eigenvalue weighted by atomic mass is 10.3. The van der Waals surface area contributed by atoms with Gasteiger partial charge in [-0.15, -0.1) is 0 Å². The molecule has 0 aliphatic heterocycles. The number of carbonyl (C=O) groups is 1. The molecule has 7 heteroatoms. The molecule has 1 amide bonds. The summed E-state index contributed by atoms with van der Waals surface area (Å²) in [6.45, 7) is 1.78. The van der Waals surface area contributed by atoms with E-state index in [4.69, 9.17) is 5.73 Å². The van der Waals surface area contributed by atoms with Crippen LogP contribution in [0.25, 0.3) is 0 Å². The van der Waals surface area contributed by atoms with Gasteiger partial charge in [-0.05, 0) is 13.2 Å². The molecule has 0 aliphatic carbocycles. The van der Waals surface area contributed by atoms with Crippen LogP contribution in [-0.4, -0.2) is 47.2 Å². The molecule has 0 fully saturated rings. The van der Waals surface area contributed by atoms with Gasteiger partial charge in [0.2, 0.25) is 5.91 Å². The number of carbonyl (C=O) groups excluding carboxylic acids is 1. The summed E-state index contributed by atoms with van der Waals surface area (Å²) in [6.07, 6.45) is 1.87. The van der Waals surface area contributed by atoms with Crippen LogP contribution in [0.2, 0.25) is 0 Å². The summed E-state index contributed by atoms with van der Waals surface area (Å²) < 4.78 is 0. The van der Waals surface area contributed by atoms with E-state index in [1.165, 1.54) is 16.7 Å². The smallest absolute Gasteiger partial charge is 0.244 e. The third-order valence-electron chi connectivity index (χ3n) is 2.08. The van der Waals surface area contributed by atoms with Crippen LogP contribution in [0.15, 0.2) is 11.2 Å². The van der Waals surface area contributed by atoms with Crippen LogP contribution in [0, 0.1) is 0 Å². The lowest BCUT2D eigenvalue weighted by molar-refractivity contribution is -0.129. The van der Waals surface area contributed by atoms with Crippen molar-refractivity contribution in [3.63, 3.8) is 0 Å². The Hall–Kier alpha value is -1.50. The number of anilines is 2. The van der Waals surface area contributed by atoms with E-state index in [1.807, 2.05) is 6.26 Å². The molecule has 1 atom stereocenters. The molecule has 1 aromatic rings. The van der Waals surface area contributed by atoms with E-state index in [2.05, 4.69) is 15.3 Å². The van der Waals surface area contributed by atoms with E-state index >= 15 is 0 Å². The molecule has 94 valence electrons. The number of rotatable bonds is 4. The van der Waals surface area contributed by atoms with Gasteiger partial charge in [-0.25, -0.2) is 9.97 Å². The van der Waals surface area contributed by atoms with Gasteiger partial charge in [-0.2, -0.15) is 0 Å². The number of amides is 1. The van der Waals surface area contributed by atoms with E-state index in [9.17, 15) is 4.79 Å². The van der Waals surface area contributed by atoms with E-state index in [0.717, 1.165) is 0 Å². The highest BCUT2D eigenvalue weighted by atomic mass is 32.2. The quantitative estimate of drug-likeness (QED) is 0.607. The van der Waals surface area contributed by atoms with Crippen LogP contribution in [0.5, 0.6) is 0 Å². The van der Waals surface area contributed by atoms with Crippen LogP contribution in [0.1, 0.15) is 6.92 Å². The maximum absolute atomic E-state index is 11.7. The second-order valence-corrected chi connectivity index (χ2v) is 4.54. The van der Waals surface area contributed by atoms with E-state index in [-0.39, 0.29) is 11.9 Å². The molecule has 1 aromatic heterocycles. The molecule has 1 heterocycles. The van der Waals surface area contributed by atoms with Crippen molar-refractivity contribution in [1.82, 2.24) is 14.9 Å². The highest BCUT2D eigenvalue weighted by Crippen LogP contribution is 2.15. The number of nitrogens with two attached hydrogens (primary N) is 1. The zero-order valence-electron chi connectivity index (χ0n) is 10.4. The minimum Gasteiger partial charge on any atom is -0.383 e. The number of hydrogen-bond acceptors (Lipinski definition) is 6. The van der Waals surface area contributed by atoms with Gasteiger partial charge in [0.25, 0.3) is 0 Å². The third kappa shape index (κ3) is 3.77. The Balaban J connectivity index is 2.81. The first kappa shape index (κ1) is 13.6. The van der Waals surface area contributed by atoms with Crippen molar-refractivity contribution in [3.8, 4) is 0 Å². The molecule has 1 unspecified atom stereocenters. The van der Waals surface area contributed by atoms with Crippen molar-refractivity contribution < 1.29 is 4.79 Å². The minimum atomic E-state index is -0.353. The van der Waals surface area contributed by atoms with Gasteiger partial charge in [0, 0.05) is 20.2 Å². The number of nitrogen functional groups attached to an aromatic ring is 1. The van der Waals surface area contributed by atoms with Crippen LogP contribution in [0.3, 0.4) is 0 Å². The Morgan fingerprint density at radius 1 is 1.53 bits per heavy atom. The molecule has 3 N–H and O–H groups in total. The summed E-state index contributed by atoms with van der Waals surface area (Å²) >= 11 is 1.40. The summed E-state index contributed by atoms with van der Waals surface area (Å²) in [5.41, 5.74) is 5.65. The second kappa shape index (κ2) is 5.72. The molecule has 17 heavy (non-hydrogen) atoms. The fourth-order valence-electron chi connectivity index (χ4n) is 1.28. The molecule has 0 radical (unpaired) electrons. The first-order valence-corrected chi connectivity index (χ1v) is 6.32. The largest absolute Gasteiger partial charge is 0.383 e. The number of nitrogens with one attached hydrogen (secondary N) is 1. The summed E-state index contributed by atoms with van der Waals surface area (Å²) in [4.78, 5) is 21.5. The molecule has 6 nitrogen and oxygen atoms in total. The average Bonchev–Trinajstić information content (AvgIpc) is 2.26. The lowest BCUT2D eigenvalue weighted by Crippen LogP contribution is -2.36. The molecule has 0 aromatic carbocycles. The molecule has 0 aliphatic rings. The number of likely N-dealkylation sites (N-methyl/N-ethyl adjacent to an activating group) is 1. The minimum absolute atomic E-state index is 0.0205. The van der Waals surface area contributed by atoms with Crippen LogP contribution in [0.4, 0.5) is 11.6 Å². The predicted molar refractivity (Wildman–Crippen MR) is 70.0 cm³/mol. The number of nitrogens with zero attached hydrogens (tertiary/aromatic N) is 3. The van der Waals surface area contributed by atoms with Crippen molar-refractivity contribution >= 4 is 29.3 Å². The molecule has 0 bridgehead atoms. The van der Waals surface area contributed by atoms with Gasteiger partial charge in [-0.1, -0.05) is 11.8 Å². The first-order chi connectivity index (χ1) is 7.93. The van der Waals surface area contributed by atoms with E-state index < -0.39 is 0 Å². The predicted octanol–water partition coefficient (Wildman–Crippen LogP) is 0.669. The number of hydrogen-bond donors (Lipinski definition) is 2. The monoisotopic (exact) mass is 255 g/mol.